The van der Waals surface area contributed by atoms with E-state index in [2.05, 4.69) is 10.3 Å². The maximum Gasteiger partial charge on any atom is 0.230 e. The molecule has 25 heavy (non-hydrogen) atoms. The van der Waals surface area contributed by atoms with Gasteiger partial charge >= 0.3 is 0 Å². The van der Waals surface area contributed by atoms with Crippen LogP contribution >= 0.6 is 46.1 Å². The number of anilines is 1. The van der Waals surface area contributed by atoms with Gasteiger partial charge in [-0.05, 0) is 35.4 Å². The summed E-state index contributed by atoms with van der Waals surface area (Å²) in [4.78, 5) is 17.5. The largest absolute Gasteiger partial charge is 0.302 e. The number of amides is 1. The Kier molecular flexibility index (Phi) is 5.97. The van der Waals surface area contributed by atoms with Crippen molar-refractivity contribution in [1.82, 2.24) is 4.98 Å². The average Bonchev–Trinajstić information content (AvgIpc) is 3.00. The Bertz CT molecular complexity index is 894. The molecule has 0 saturated heterocycles. The van der Waals surface area contributed by atoms with Crippen LogP contribution in [-0.2, 0) is 17.6 Å². The van der Waals surface area contributed by atoms with Crippen molar-refractivity contribution in [2.75, 3.05) is 5.32 Å². The predicted molar refractivity (Wildman–Crippen MR) is 105 cm³/mol. The van der Waals surface area contributed by atoms with Gasteiger partial charge in [0.2, 0.25) is 5.91 Å². The molecule has 7 heteroatoms. The van der Waals surface area contributed by atoms with Crippen LogP contribution in [0.4, 0.5) is 5.13 Å². The molecule has 1 N–H and O–H groups in total. The third kappa shape index (κ3) is 5.19. The summed E-state index contributed by atoms with van der Waals surface area (Å²) < 4.78 is 0. The van der Waals surface area contributed by atoms with E-state index < -0.39 is 0 Å². The fourth-order valence-electron chi connectivity index (χ4n) is 2.25. The third-order valence-corrected chi connectivity index (χ3v) is 5.34. The monoisotopic (exact) mass is 410 g/mol. The van der Waals surface area contributed by atoms with Crippen LogP contribution in [0.1, 0.15) is 16.0 Å². The van der Waals surface area contributed by atoms with Gasteiger partial charge in [0.25, 0.3) is 0 Å². The van der Waals surface area contributed by atoms with Gasteiger partial charge in [-0.2, -0.15) is 0 Å². The molecule has 3 aromatic rings. The summed E-state index contributed by atoms with van der Waals surface area (Å²) in [6, 6.07) is 12.8. The molecule has 1 heterocycles. The van der Waals surface area contributed by atoms with Crippen molar-refractivity contribution in [1.29, 1.82) is 0 Å². The van der Waals surface area contributed by atoms with E-state index in [1.807, 2.05) is 24.3 Å². The molecular weight excluding hydrogens is 399 g/mol. The summed E-state index contributed by atoms with van der Waals surface area (Å²) in [7, 11) is 0. The van der Waals surface area contributed by atoms with E-state index >= 15 is 0 Å². The minimum atomic E-state index is -0.147. The lowest BCUT2D eigenvalue weighted by molar-refractivity contribution is -0.115. The summed E-state index contributed by atoms with van der Waals surface area (Å²) in [5.41, 5.74) is 1.94. The van der Waals surface area contributed by atoms with Gasteiger partial charge in [-0.15, -0.1) is 11.3 Å². The molecule has 0 fully saturated rings. The van der Waals surface area contributed by atoms with Gasteiger partial charge in [-0.3, -0.25) is 4.79 Å². The minimum absolute atomic E-state index is 0.147. The highest BCUT2D eigenvalue weighted by Gasteiger charge is 2.09. The third-order valence-electron chi connectivity index (χ3n) is 3.44. The lowest BCUT2D eigenvalue weighted by atomic mass is 10.1. The van der Waals surface area contributed by atoms with Crippen LogP contribution in [0.15, 0.2) is 48.7 Å². The first-order valence-electron chi connectivity index (χ1n) is 7.42. The Hall–Kier alpha value is -1.59. The molecule has 0 aliphatic rings. The quantitative estimate of drug-likeness (QED) is 0.570. The lowest BCUT2D eigenvalue weighted by Crippen LogP contribution is -2.14. The van der Waals surface area contributed by atoms with E-state index in [0.717, 1.165) is 22.4 Å². The second-order valence-electron chi connectivity index (χ2n) is 5.41. The number of hydrogen-bond donors (Lipinski definition) is 1. The first-order chi connectivity index (χ1) is 12.0. The van der Waals surface area contributed by atoms with Gasteiger partial charge in [-0.1, -0.05) is 53.0 Å². The van der Waals surface area contributed by atoms with Gasteiger partial charge in [0.05, 0.1) is 16.5 Å². The maximum absolute atomic E-state index is 12.1. The standard InChI is InChI=1S/C18H13Cl3N2OS/c19-13-4-1-11(2-5-13)7-14-10-22-18(25-14)23-17(24)9-12-3-6-15(20)16(21)8-12/h1-6,8,10H,7,9H2,(H,22,23,24). The molecule has 0 saturated carbocycles. The Balaban J connectivity index is 1.59. The molecule has 1 aromatic heterocycles. The van der Waals surface area contributed by atoms with Crippen molar-refractivity contribution < 1.29 is 4.79 Å². The zero-order valence-corrected chi connectivity index (χ0v) is 16.0. The van der Waals surface area contributed by atoms with Crippen molar-refractivity contribution >= 4 is 57.2 Å². The van der Waals surface area contributed by atoms with Gasteiger partial charge in [0.15, 0.2) is 5.13 Å². The molecule has 3 rings (SSSR count). The van der Waals surface area contributed by atoms with Crippen molar-refractivity contribution in [2.45, 2.75) is 12.8 Å². The number of carbonyl (C=O) groups is 1. The molecule has 0 atom stereocenters. The van der Waals surface area contributed by atoms with E-state index in [-0.39, 0.29) is 12.3 Å². The van der Waals surface area contributed by atoms with Crippen LogP contribution < -0.4 is 5.32 Å². The van der Waals surface area contributed by atoms with Crippen LogP contribution in [0, 0.1) is 0 Å². The Morgan fingerprint density at radius 2 is 1.72 bits per heavy atom. The summed E-state index contributed by atoms with van der Waals surface area (Å²) in [5, 5.41) is 5.01. The number of carbonyl (C=O) groups excluding carboxylic acids is 1. The molecule has 128 valence electrons. The lowest BCUT2D eigenvalue weighted by Gasteiger charge is -2.03. The molecule has 0 aliphatic carbocycles. The highest BCUT2D eigenvalue weighted by Crippen LogP contribution is 2.24. The van der Waals surface area contributed by atoms with Crippen LogP contribution in [-0.4, -0.2) is 10.9 Å². The Labute approximate surface area is 164 Å². The van der Waals surface area contributed by atoms with E-state index in [1.54, 1.807) is 24.4 Å². The number of nitrogens with one attached hydrogen (secondary N) is 1. The van der Waals surface area contributed by atoms with Crippen LogP contribution in [0.2, 0.25) is 15.1 Å². The van der Waals surface area contributed by atoms with E-state index in [1.165, 1.54) is 11.3 Å². The summed E-state index contributed by atoms with van der Waals surface area (Å²) in [6.07, 6.45) is 2.73. The molecule has 0 bridgehead atoms. The highest BCUT2D eigenvalue weighted by molar-refractivity contribution is 7.15. The first-order valence-corrected chi connectivity index (χ1v) is 9.37. The Morgan fingerprint density at radius 3 is 2.44 bits per heavy atom. The van der Waals surface area contributed by atoms with Crippen molar-refractivity contribution in [3.63, 3.8) is 0 Å². The molecule has 3 nitrogen and oxygen atoms in total. The Morgan fingerprint density at radius 1 is 1.00 bits per heavy atom. The smallest absolute Gasteiger partial charge is 0.230 e. The van der Waals surface area contributed by atoms with Gasteiger partial charge in [0, 0.05) is 22.5 Å². The van der Waals surface area contributed by atoms with Crippen molar-refractivity contribution in [3.05, 3.63) is 79.7 Å². The number of halogens is 3. The number of hydrogen-bond acceptors (Lipinski definition) is 3. The second kappa shape index (κ2) is 8.19. The van der Waals surface area contributed by atoms with E-state index in [4.69, 9.17) is 34.8 Å². The summed E-state index contributed by atoms with van der Waals surface area (Å²) in [6.45, 7) is 0. The number of aromatic nitrogens is 1. The molecule has 0 radical (unpaired) electrons. The predicted octanol–water partition coefficient (Wildman–Crippen LogP) is 5.88. The van der Waals surface area contributed by atoms with E-state index in [0.29, 0.717) is 20.2 Å². The number of thiazole rings is 1. The molecule has 0 spiro atoms. The summed E-state index contributed by atoms with van der Waals surface area (Å²) >= 11 is 19.2. The highest BCUT2D eigenvalue weighted by atomic mass is 35.5. The molecule has 2 aromatic carbocycles. The minimum Gasteiger partial charge on any atom is -0.302 e. The molecule has 1 amide bonds. The topological polar surface area (TPSA) is 42.0 Å². The van der Waals surface area contributed by atoms with Gasteiger partial charge in [-0.25, -0.2) is 4.98 Å². The second-order valence-corrected chi connectivity index (χ2v) is 7.77. The average molecular weight is 412 g/mol. The fraction of sp³-hybridized carbons (Fsp3) is 0.111. The maximum atomic E-state index is 12.1. The normalized spacial score (nSPS) is 10.7. The van der Waals surface area contributed by atoms with E-state index in [9.17, 15) is 4.79 Å². The van der Waals surface area contributed by atoms with Crippen LogP contribution in [0.5, 0.6) is 0 Å². The van der Waals surface area contributed by atoms with Crippen LogP contribution in [0.3, 0.4) is 0 Å². The van der Waals surface area contributed by atoms with Crippen molar-refractivity contribution in [3.8, 4) is 0 Å². The first kappa shape index (κ1) is 18.2. The van der Waals surface area contributed by atoms with Crippen molar-refractivity contribution in [2.24, 2.45) is 0 Å². The zero-order valence-electron chi connectivity index (χ0n) is 12.9. The number of rotatable bonds is 5. The SMILES string of the molecule is O=C(Cc1ccc(Cl)c(Cl)c1)Nc1ncc(Cc2ccc(Cl)cc2)s1. The number of benzene rings is 2. The van der Waals surface area contributed by atoms with Crippen LogP contribution in [0.25, 0.3) is 0 Å². The molecular formula is C18H13Cl3N2OS. The fourth-order valence-corrected chi connectivity index (χ4v) is 3.56. The van der Waals surface area contributed by atoms with Gasteiger partial charge < -0.3 is 5.32 Å². The molecule has 0 aliphatic heterocycles. The number of nitrogens with zero attached hydrogens (tertiary/aromatic N) is 1. The zero-order chi connectivity index (χ0) is 17.8. The van der Waals surface area contributed by atoms with Gasteiger partial charge in [0.1, 0.15) is 0 Å². The summed E-state index contributed by atoms with van der Waals surface area (Å²) in [5.74, 6) is -0.147. The molecule has 0 unspecified atom stereocenters.